The van der Waals surface area contributed by atoms with Gasteiger partial charge in [0.15, 0.2) is 0 Å². The molecule has 1 unspecified atom stereocenters. The van der Waals surface area contributed by atoms with Gasteiger partial charge >= 0.3 is 0 Å². The highest BCUT2D eigenvalue weighted by atomic mass is 16.1. The number of nitrogens with zero attached hydrogens (tertiary/aromatic N) is 1. The molecule has 110 valence electrons. The zero-order chi connectivity index (χ0) is 14.5. The Balaban J connectivity index is 2.18. The highest BCUT2D eigenvalue weighted by molar-refractivity contribution is 5.99. The molecule has 1 aromatic rings. The van der Waals surface area contributed by atoms with Gasteiger partial charge in [-0.2, -0.15) is 0 Å². The van der Waals surface area contributed by atoms with Crippen LogP contribution in [0.1, 0.15) is 49.4 Å². The summed E-state index contributed by atoms with van der Waals surface area (Å²) in [7, 11) is 0. The third-order valence-electron chi connectivity index (χ3n) is 4.17. The number of nitrogen functional groups attached to an aromatic ring is 1. The van der Waals surface area contributed by atoms with Crippen molar-refractivity contribution >= 4 is 17.3 Å². The van der Waals surface area contributed by atoms with E-state index in [9.17, 15) is 4.79 Å². The zero-order valence-electron chi connectivity index (χ0n) is 12.3. The van der Waals surface area contributed by atoms with E-state index < -0.39 is 0 Å². The quantitative estimate of drug-likeness (QED) is 0.830. The molecule has 0 saturated carbocycles. The summed E-state index contributed by atoms with van der Waals surface area (Å²) in [5.41, 5.74) is 13.5. The maximum atomic E-state index is 11.6. The van der Waals surface area contributed by atoms with Gasteiger partial charge in [-0.05, 0) is 43.4 Å². The number of benzene rings is 1. The molecule has 4 N–H and O–H groups in total. The Morgan fingerprint density at radius 1 is 1.35 bits per heavy atom. The van der Waals surface area contributed by atoms with Gasteiger partial charge in [-0.1, -0.05) is 19.8 Å². The Morgan fingerprint density at radius 2 is 2.15 bits per heavy atom. The van der Waals surface area contributed by atoms with Gasteiger partial charge in [0.2, 0.25) is 0 Å². The third kappa shape index (κ3) is 3.44. The van der Waals surface area contributed by atoms with Crippen molar-refractivity contribution in [2.75, 3.05) is 23.7 Å². The molecule has 1 aliphatic rings. The standard InChI is InChI=1S/C16H25N3O/c1-2-4-12-5-3-9-19(10-8-12)15-11-13(17)6-7-14(15)16(18)20/h6-7,11-12H,2-5,8-10,17H2,1H3,(H2,18,20). The van der Waals surface area contributed by atoms with Crippen molar-refractivity contribution in [1.29, 1.82) is 0 Å². The van der Waals surface area contributed by atoms with E-state index in [2.05, 4.69) is 11.8 Å². The third-order valence-corrected chi connectivity index (χ3v) is 4.17. The van der Waals surface area contributed by atoms with Gasteiger partial charge in [-0.25, -0.2) is 0 Å². The fraction of sp³-hybridized carbons (Fsp3) is 0.562. The summed E-state index contributed by atoms with van der Waals surface area (Å²) in [6.45, 7) is 4.20. The maximum absolute atomic E-state index is 11.6. The van der Waals surface area contributed by atoms with Gasteiger partial charge in [0.1, 0.15) is 0 Å². The number of nitrogens with two attached hydrogens (primary N) is 2. The first-order valence-corrected chi connectivity index (χ1v) is 7.56. The molecule has 0 aromatic heterocycles. The molecule has 4 nitrogen and oxygen atoms in total. The molecule has 0 aliphatic carbocycles. The number of rotatable bonds is 4. The van der Waals surface area contributed by atoms with Crippen LogP contribution in [0.15, 0.2) is 18.2 Å². The fourth-order valence-electron chi connectivity index (χ4n) is 3.12. The Bertz CT molecular complexity index is 473. The number of primary amides is 1. The van der Waals surface area contributed by atoms with Crippen molar-refractivity contribution in [1.82, 2.24) is 0 Å². The summed E-state index contributed by atoms with van der Waals surface area (Å²) in [5.74, 6) is 0.428. The Morgan fingerprint density at radius 3 is 2.85 bits per heavy atom. The van der Waals surface area contributed by atoms with Gasteiger partial charge in [0, 0.05) is 18.8 Å². The lowest BCUT2D eigenvalue weighted by Gasteiger charge is -2.25. The normalized spacial score (nSPS) is 19.6. The zero-order valence-corrected chi connectivity index (χ0v) is 12.3. The molecular formula is C16H25N3O. The number of hydrogen-bond donors (Lipinski definition) is 2. The number of anilines is 2. The van der Waals surface area contributed by atoms with Crippen LogP contribution < -0.4 is 16.4 Å². The second kappa shape index (κ2) is 6.64. The van der Waals surface area contributed by atoms with Crippen LogP contribution in [0.3, 0.4) is 0 Å². The minimum Gasteiger partial charge on any atom is -0.399 e. The molecule has 1 amide bonds. The molecule has 0 spiro atoms. The number of carbonyl (C=O) groups is 1. The van der Waals surface area contributed by atoms with Crippen LogP contribution in [-0.2, 0) is 0 Å². The predicted octanol–water partition coefficient (Wildman–Crippen LogP) is 2.77. The van der Waals surface area contributed by atoms with Crippen LogP contribution in [0.5, 0.6) is 0 Å². The van der Waals surface area contributed by atoms with E-state index in [1.165, 1.54) is 25.7 Å². The molecule has 1 heterocycles. The van der Waals surface area contributed by atoms with E-state index in [-0.39, 0.29) is 5.91 Å². The van der Waals surface area contributed by atoms with E-state index in [1.807, 2.05) is 6.07 Å². The maximum Gasteiger partial charge on any atom is 0.250 e. The smallest absolute Gasteiger partial charge is 0.250 e. The van der Waals surface area contributed by atoms with Crippen LogP contribution in [-0.4, -0.2) is 19.0 Å². The highest BCUT2D eigenvalue weighted by Crippen LogP contribution is 2.29. The van der Waals surface area contributed by atoms with Crippen LogP contribution >= 0.6 is 0 Å². The van der Waals surface area contributed by atoms with Gasteiger partial charge in [0.25, 0.3) is 5.91 Å². The van der Waals surface area contributed by atoms with Gasteiger partial charge in [0.05, 0.1) is 11.3 Å². The van der Waals surface area contributed by atoms with Crippen molar-refractivity contribution in [2.24, 2.45) is 11.7 Å². The van der Waals surface area contributed by atoms with Crippen LogP contribution in [0, 0.1) is 5.92 Å². The highest BCUT2D eigenvalue weighted by Gasteiger charge is 2.20. The van der Waals surface area contributed by atoms with Gasteiger partial charge < -0.3 is 16.4 Å². The average molecular weight is 275 g/mol. The topological polar surface area (TPSA) is 72.3 Å². The molecule has 1 atom stereocenters. The minimum atomic E-state index is -0.380. The molecule has 0 bridgehead atoms. The van der Waals surface area contributed by atoms with E-state index in [0.717, 1.165) is 31.1 Å². The Kier molecular flexibility index (Phi) is 4.88. The first kappa shape index (κ1) is 14.7. The summed E-state index contributed by atoms with van der Waals surface area (Å²) >= 11 is 0. The van der Waals surface area contributed by atoms with Gasteiger partial charge in [-0.3, -0.25) is 4.79 Å². The van der Waals surface area contributed by atoms with Crippen molar-refractivity contribution < 1.29 is 4.79 Å². The molecular weight excluding hydrogens is 250 g/mol. The average Bonchev–Trinajstić information content (AvgIpc) is 2.64. The number of hydrogen-bond acceptors (Lipinski definition) is 3. The van der Waals surface area contributed by atoms with Crippen LogP contribution in [0.2, 0.25) is 0 Å². The van der Waals surface area contributed by atoms with Gasteiger partial charge in [-0.15, -0.1) is 0 Å². The predicted molar refractivity (Wildman–Crippen MR) is 83.8 cm³/mol. The lowest BCUT2D eigenvalue weighted by Crippen LogP contribution is -2.27. The molecule has 1 fully saturated rings. The minimum absolute atomic E-state index is 0.380. The van der Waals surface area contributed by atoms with Crippen LogP contribution in [0.4, 0.5) is 11.4 Å². The summed E-state index contributed by atoms with van der Waals surface area (Å²) in [6.07, 6.45) is 6.17. The molecule has 1 aliphatic heterocycles. The largest absolute Gasteiger partial charge is 0.399 e. The second-order valence-electron chi connectivity index (χ2n) is 5.71. The fourth-order valence-corrected chi connectivity index (χ4v) is 3.12. The van der Waals surface area contributed by atoms with Crippen molar-refractivity contribution in [3.63, 3.8) is 0 Å². The van der Waals surface area contributed by atoms with E-state index >= 15 is 0 Å². The Labute approximate surface area is 121 Å². The molecule has 2 rings (SSSR count). The first-order chi connectivity index (χ1) is 9.61. The summed E-state index contributed by atoms with van der Waals surface area (Å²) in [5, 5.41) is 0. The summed E-state index contributed by atoms with van der Waals surface area (Å²) < 4.78 is 0. The molecule has 0 radical (unpaired) electrons. The molecule has 4 heteroatoms. The van der Waals surface area contributed by atoms with Crippen molar-refractivity contribution in [3.8, 4) is 0 Å². The Hall–Kier alpha value is -1.71. The summed E-state index contributed by atoms with van der Waals surface area (Å²) in [4.78, 5) is 13.9. The lowest BCUT2D eigenvalue weighted by atomic mass is 9.96. The van der Waals surface area contributed by atoms with E-state index in [4.69, 9.17) is 11.5 Å². The second-order valence-corrected chi connectivity index (χ2v) is 5.71. The number of amides is 1. The first-order valence-electron chi connectivity index (χ1n) is 7.56. The summed E-state index contributed by atoms with van der Waals surface area (Å²) in [6, 6.07) is 5.35. The van der Waals surface area contributed by atoms with Crippen molar-refractivity contribution in [2.45, 2.75) is 39.0 Å². The SMILES string of the molecule is CCCC1CCCN(c2cc(N)ccc2C(N)=O)CC1. The molecule has 1 aromatic carbocycles. The van der Waals surface area contributed by atoms with E-state index in [0.29, 0.717) is 11.3 Å². The van der Waals surface area contributed by atoms with Crippen molar-refractivity contribution in [3.05, 3.63) is 23.8 Å². The number of carbonyl (C=O) groups excluding carboxylic acids is 1. The van der Waals surface area contributed by atoms with Crippen LogP contribution in [0.25, 0.3) is 0 Å². The lowest BCUT2D eigenvalue weighted by molar-refractivity contribution is 0.100. The molecule has 1 saturated heterocycles. The molecule has 20 heavy (non-hydrogen) atoms. The monoisotopic (exact) mass is 275 g/mol. The van der Waals surface area contributed by atoms with E-state index in [1.54, 1.807) is 12.1 Å².